The maximum Gasteiger partial charge on any atom is 0.347 e. The standard InChI is InChI=1S/C31H20O8/c1-31(2,17-3-7-19(8-4-17)36-21-11-13-23-25(15-21)29(34)38-27(23)32)18-5-9-20(10-6-18)37-22-12-14-24-26(16-22)30(35)39-28(24)33/h3-16H,1-2H3. The lowest BCUT2D eigenvalue weighted by Crippen LogP contribution is -2.18. The van der Waals surface area contributed by atoms with Gasteiger partial charge in [-0.2, -0.15) is 0 Å². The first-order valence-electron chi connectivity index (χ1n) is 12.1. The number of carbonyl (C=O) groups is 4. The van der Waals surface area contributed by atoms with Gasteiger partial charge in [-0.3, -0.25) is 0 Å². The van der Waals surface area contributed by atoms with Crippen molar-refractivity contribution in [3.63, 3.8) is 0 Å². The summed E-state index contributed by atoms with van der Waals surface area (Å²) in [6.45, 7) is 4.20. The number of rotatable bonds is 6. The van der Waals surface area contributed by atoms with Crippen LogP contribution in [0.5, 0.6) is 23.0 Å². The summed E-state index contributed by atoms with van der Waals surface area (Å²) in [5.41, 5.74) is 2.60. The van der Waals surface area contributed by atoms with Crippen LogP contribution in [0, 0.1) is 0 Å². The zero-order valence-corrected chi connectivity index (χ0v) is 20.8. The van der Waals surface area contributed by atoms with Crippen LogP contribution in [-0.2, 0) is 14.9 Å². The lowest BCUT2D eigenvalue weighted by molar-refractivity contribution is 0.0425. The van der Waals surface area contributed by atoms with Gasteiger partial charge in [0.05, 0.1) is 22.3 Å². The Kier molecular flexibility index (Phi) is 5.54. The lowest BCUT2D eigenvalue weighted by Gasteiger charge is -2.26. The van der Waals surface area contributed by atoms with Crippen molar-refractivity contribution < 1.29 is 38.1 Å². The molecular formula is C31H20O8. The Balaban J connectivity index is 1.15. The topological polar surface area (TPSA) is 105 Å². The van der Waals surface area contributed by atoms with E-state index in [1.807, 2.05) is 48.5 Å². The van der Waals surface area contributed by atoms with Crippen LogP contribution in [0.3, 0.4) is 0 Å². The Hall–Kier alpha value is -5.24. The first-order chi connectivity index (χ1) is 18.7. The van der Waals surface area contributed by atoms with Gasteiger partial charge in [0.25, 0.3) is 0 Å². The molecule has 0 aliphatic carbocycles. The Bertz CT molecular complexity index is 1560. The van der Waals surface area contributed by atoms with Gasteiger partial charge < -0.3 is 18.9 Å². The van der Waals surface area contributed by atoms with Gasteiger partial charge in [0.1, 0.15) is 23.0 Å². The van der Waals surface area contributed by atoms with Crippen molar-refractivity contribution in [1.29, 1.82) is 0 Å². The molecule has 0 fully saturated rings. The first kappa shape index (κ1) is 24.1. The Morgan fingerprint density at radius 2 is 0.795 bits per heavy atom. The van der Waals surface area contributed by atoms with Crippen molar-refractivity contribution in [2.75, 3.05) is 0 Å². The van der Waals surface area contributed by atoms with Crippen molar-refractivity contribution in [3.8, 4) is 23.0 Å². The van der Waals surface area contributed by atoms with Gasteiger partial charge in [0, 0.05) is 5.41 Å². The third-order valence-electron chi connectivity index (χ3n) is 6.86. The summed E-state index contributed by atoms with van der Waals surface area (Å²) in [5, 5.41) is 0. The third-order valence-corrected chi connectivity index (χ3v) is 6.86. The minimum Gasteiger partial charge on any atom is -0.457 e. The van der Waals surface area contributed by atoms with Crippen LogP contribution in [0.1, 0.15) is 66.4 Å². The molecule has 8 heteroatoms. The minimum absolute atomic E-state index is 0.191. The fraction of sp³-hybridized carbons (Fsp3) is 0.0968. The van der Waals surface area contributed by atoms with Gasteiger partial charge in [-0.05, 0) is 71.8 Å². The molecule has 2 aliphatic rings. The van der Waals surface area contributed by atoms with Crippen molar-refractivity contribution in [2.24, 2.45) is 0 Å². The smallest absolute Gasteiger partial charge is 0.347 e. The second-order valence-corrected chi connectivity index (χ2v) is 9.65. The molecule has 4 aromatic rings. The van der Waals surface area contributed by atoms with E-state index in [0.29, 0.717) is 23.0 Å². The molecule has 192 valence electrons. The maximum absolute atomic E-state index is 11.8. The molecule has 39 heavy (non-hydrogen) atoms. The summed E-state index contributed by atoms with van der Waals surface area (Å²) in [6, 6.07) is 24.5. The number of benzene rings is 4. The minimum atomic E-state index is -0.678. The molecule has 0 radical (unpaired) electrons. The molecule has 0 spiro atoms. The van der Waals surface area contributed by atoms with Crippen LogP contribution in [0.2, 0.25) is 0 Å². The van der Waals surface area contributed by atoms with Crippen LogP contribution in [0.15, 0.2) is 84.9 Å². The number of hydrogen-bond acceptors (Lipinski definition) is 8. The molecule has 4 aromatic carbocycles. The van der Waals surface area contributed by atoms with Crippen molar-refractivity contribution in [2.45, 2.75) is 19.3 Å². The number of fused-ring (bicyclic) bond motifs is 2. The summed E-state index contributed by atoms with van der Waals surface area (Å²) in [7, 11) is 0. The van der Waals surface area contributed by atoms with E-state index in [4.69, 9.17) is 9.47 Å². The number of carbonyl (C=O) groups excluding carboxylic acids is 4. The quantitative estimate of drug-likeness (QED) is 0.218. The molecule has 6 rings (SSSR count). The van der Waals surface area contributed by atoms with Crippen LogP contribution in [0.4, 0.5) is 0 Å². The van der Waals surface area contributed by atoms with Crippen molar-refractivity contribution in [3.05, 3.63) is 118 Å². The monoisotopic (exact) mass is 520 g/mol. The predicted octanol–water partition coefficient (Wildman–Crippen LogP) is 6.22. The fourth-order valence-corrected chi connectivity index (χ4v) is 4.57. The van der Waals surface area contributed by atoms with Crippen LogP contribution < -0.4 is 9.47 Å². The van der Waals surface area contributed by atoms with Crippen LogP contribution >= 0.6 is 0 Å². The van der Waals surface area contributed by atoms with Crippen LogP contribution in [-0.4, -0.2) is 23.9 Å². The van der Waals surface area contributed by atoms with E-state index in [0.717, 1.165) is 11.1 Å². The molecule has 0 N–H and O–H groups in total. The van der Waals surface area contributed by atoms with E-state index in [2.05, 4.69) is 23.3 Å². The highest BCUT2D eigenvalue weighted by Crippen LogP contribution is 2.35. The average molecular weight is 520 g/mol. The molecule has 0 bridgehead atoms. The summed E-state index contributed by atoms with van der Waals surface area (Å²) < 4.78 is 21.0. The maximum atomic E-state index is 11.8. The lowest BCUT2D eigenvalue weighted by atomic mass is 9.78. The number of hydrogen-bond donors (Lipinski definition) is 0. The molecule has 2 heterocycles. The van der Waals surface area contributed by atoms with E-state index in [1.165, 1.54) is 24.3 Å². The summed E-state index contributed by atoms with van der Waals surface area (Å²) in [6.07, 6.45) is 0. The first-order valence-corrected chi connectivity index (χ1v) is 12.1. The molecular weight excluding hydrogens is 500 g/mol. The highest BCUT2D eigenvalue weighted by atomic mass is 16.6. The van der Waals surface area contributed by atoms with E-state index in [9.17, 15) is 19.2 Å². The van der Waals surface area contributed by atoms with Gasteiger partial charge in [-0.1, -0.05) is 38.1 Å². The van der Waals surface area contributed by atoms with Crippen molar-refractivity contribution >= 4 is 23.9 Å². The van der Waals surface area contributed by atoms with Gasteiger partial charge in [-0.15, -0.1) is 0 Å². The highest BCUT2D eigenvalue weighted by molar-refractivity contribution is 6.15. The van der Waals surface area contributed by atoms with E-state index in [1.54, 1.807) is 12.1 Å². The van der Waals surface area contributed by atoms with E-state index in [-0.39, 0.29) is 27.7 Å². The molecule has 0 atom stereocenters. The fourth-order valence-electron chi connectivity index (χ4n) is 4.57. The molecule has 0 amide bonds. The average Bonchev–Trinajstić information content (AvgIpc) is 3.37. The second-order valence-electron chi connectivity index (χ2n) is 9.65. The molecule has 0 saturated heterocycles. The third kappa shape index (κ3) is 4.31. The number of ether oxygens (including phenoxy) is 4. The van der Waals surface area contributed by atoms with E-state index < -0.39 is 23.9 Å². The van der Waals surface area contributed by atoms with Gasteiger partial charge in [0.2, 0.25) is 0 Å². The Labute approximate surface area is 222 Å². The molecule has 0 unspecified atom stereocenters. The van der Waals surface area contributed by atoms with E-state index >= 15 is 0 Å². The summed E-state index contributed by atoms with van der Waals surface area (Å²) in [5.74, 6) is -0.651. The second kappa shape index (κ2) is 8.95. The van der Waals surface area contributed by atoms with Gasteiger partial charge in [-0.25, -0.2) is 19.2 Å². The Morgan fingerprint density at radius 1 is 0.462 bits per heavy atom. The summed E-state index contributed by atoms with van der Waals surface area (Å²) in [4.78, 5) is 46.9. The number of cyclic esters (lactones) is 4. The molecule has 8 nitrogen and oxygen atoms in total. The molecule has 2 aliphatic heterocycles. The SMILES string of the molecule is CC(C)(c1ccc(Oc2ccc3c(c2)C(=O)OC3=O)cc1)c1ccc(Oc2ccc3c(c2)C(=O)OC3=O)cc1. The van der Waals surface area contributed by atoms with Crippen molar-refractivity contribution in [1.82, 2.24) is 0 Å². The zero-order chi connectivity index (χ0) is 27.3. The largest absolute Gasteiger partial charge is 0.457 e. The normalized spacial score (nSPS) is 14.0. The van der Waals surface area contributed by atoms with Gasteiger partial charge >= 0.3 is 23.9 Å². The summed E-state index contributed by atoms with van der Waals surface area (Å²) >= 11 is 0. The Morgan fingerprint density at radius 3 is 1.18 bits per heavy atom. The van der Waals surface area contributed by atoms with Crippen LogP contribution in [0.25, 0.3) is 0 Å². The highest BCUT2D eigenvalue weighted by Gasteiger charge is 2.31. The zero-order valence-electron chi connectivity index (χ0n) is 20.8. The number of esters is 4. The van der Waals surface area contributed by atoms with Gasteiger partial charge in [0.15, 0.2) is 0 Å². The molecule has 0 saturated carbocycles. The predicted molar refractivity (Wildman–Crippen MR) is 138 cm³/mol. The molecule has 0 aromatic heterocycles.